The molecule has 2 aromatic rings. The first-order valence-electron chi connectivity index (χ1n) is 11.0. The number of hydrogen-bond acceptors (Lipinski definition) is 7. The van der Waals surface area contributed by atoms with Gasteiger partial charge in [0.25, 0.3) is 0 Å². The Labute approximate surface area is 197 Å². The molecule has 2 amide bonds. The number of aliphatic hydroxyl groups is 1. The predicted octanol–water partition coefficient (Wildman–Crippen LogP) is 1.97. The molecule has 5 unspecified atom stereocenters. The van der Waals surface area contributed by atoms with Gasteiger partial charge < -0.3 is 19.7 Å². The minimum Gasteiger partial charge on any atom is -0.496 e. The molecular weight excluding hydrogens is 440 g/mol. The number of para-hydroxylation sites is 1. The fourth-order valence-corrected chi connectivity index (χ4v) is 5.45. The maximum atomic E-state index is 13.8. The van der Waals surface area contributed by atoms with Gasteiger partial charge in [0.15, 0.2) is 5.54 Å². The van der Waals surface area contributed by atoms with Crippen molar-refractivity contribution >= 4 is 23.5 Å². The zero-order chi connectivity index (χ0) is 24.9. The van der Waals surface area contributed by atoms with Crippen LogP contribution in [0.5, 0.6) is 11.5 Å². The highest BCUT2D eigenvalue weighted by atomic mass is 16.5. The van der Waals surface area contributed by atoms with Gasteiger partial charge >= 0.3 is 5.97 Å². The van der Waals surface area contributed by atoms with Crippen molar-refractivity contribution in [3.8, 4) is 11.5 Å². The number of imide groups is 1. The molecule has 4 rings (SSSR count). The third kappa shape index (κ3) is 3.11. The Balaban J connectivity index is 1.94. The number of methoxy groups -OCH3 is 2. The zero-order valence-electron chi connectivity index (χ0n) is 19.7. The summed E-state index contributed by atoms with van der Waals surface area (Å²) in [7, 11) is 2.99. The van der Waals surface area contributed by atoms with Crippen LogP contribution in [-0.2, 0) is 14.4 Å². The topological polar surface area (TPSA) is 125 Å². The van der Waals surface area contributed by atoms with Crippen molar-refractivity contribution in [1.82, 2.24) is 5.32 Å². The Morgan fingerprint density at radius 2 is 1.76 bits per heavy atom. The highest BCUT2D eigenvalue weighted by Crippen LogP contribution is 2.53. The number of nitrogens with one attached hydrogen (secondary N) is 1. The summed E-state index contributed by atoms with van der Waals surface area (Å²) in [6.45, 7) is 4.87. The van der Waals surface area contributed by atoms with Crippen molar-refractivity contribution < 1.29 is 34.1 Å². The Morgan fingerprint density at radius 3 is 2.32 bits per heavy atom. The number of carbonyl (C=O) groups excluding carboxylic acids is 2. The molecular formula is C25H28N2O7. The third-order valence-electron chi connectivity index (χ3n) is 7.11. The van der Waals surface area contributed by atoms with Crippen LogP contribution in [0.25, 0.3) is 0 Å². The van der Waals surface area contributed by atoms with Gasteiger partial charge in [-0.15, -0.1) is 0 Å². The van der Waals surface area contributed by atoms with E-state index in [1.54, 1.807) is 50.2 Å². The number of fused-ring (bicyclic) bond motifs is 1. The third-order valence-corrected chi connectivity index (χ3v) is 7.11. The minimum absolute atomic E-state index is 0.397. The summed E-state index contributed by atoms with van der Waals surface area (Å²) in [5.74, 6) is -4.01. The number of benzene rings is 2. The van der Waals surface area contributed by atoms with E-state index >= 15 is 0 Å². The molecule has 0 radical (unpaired) electrons. The molecule has 5 atom stereocenters. The summed E-state index contributed by atoms with van der Waals surface area (Å²) in [5.41, 5.74) is 0.196. The number of ether oxygens (including phenoxy) is 2. The Kier molecular flexibility index (Phi) is 5.87. The second-order valence-electron chi connectivity index (χ2n) is 8.79. The van der Waals surface area contributed by atoms with Crippen LogP contribution in [-0.4, -0.2) is 53.9 Å². The predicted molar refractivity (Wildman–Crippen MR) is 123 cm³/mol. The van der Waals surface area contributed by atoms with Crippen molar-refractivity contribution in [3.05, 3.63) is 53.1 Å². The number of rotatable bonds is 6. The molecule has 0 bridgehead atoms. The van der Waals surface area contributed by atoms with Gasteiger partial charge in [-0.05, 0) is 38.5 Å². The van der Waals surface area contributed by atoms with Crippen molar-refractivity contribution in [2.45, 2.75) is 38.5 Å². The number of carboxylic acids is 1. The van der Waals surface area contributed by atoms with E-state index in [0.29, 0.717) is 33.9 Å². The maximum Gasteiger partial charge on any atom is 0.327 e. The Hall–Kier alpha value is -3.43. The minimum atomic E-state index is -2.07. The van der Waals surface area contributed by atoms with Gasteiger partial charge in [0, 0.05) is 17.2 Å². The first kappa shape index (κ1) is 23.7. The molecule has 2 heterocycles. The van der Waals surface area contributed by atoms with E-state index in [9.17, 15) is 24.6 Å². The molecule has 2 fully saturated rings. The maximum absolute atomic E-state index is 13.8. The number of aliphatic carboxylic acids is 1. The molecule has 180 valence electrons. The number of carboxylic acid groups (broad SMARTS) is 1. The second-order valence-corrected chi connectivity index (χ2v) is 8.79. The Morgan fingerprint density at radius 1 is 1.09 bits per heavy atom. The average Bonchev–Trinajstić information content (AvgIpc) is 3.29. The van der Waals surface area contributed by atoms with E-state index in [1.807, 2.05) is 0 Å². The van der Waals surface area contributed by atoms with Crippen molar-refractivity contribution in [2.75, 3.05) is 19.1 Å². The fourth-order valence-electron chi connectivity index (χ4n) is 5.45. The van der Waals surface area contributed by atoms with Crippen LogP contribution in [0.3, 0.4) is 0 Å². The lowest BCUT2D eigenvalue weighted by Crippen LogP contribution is -2.62. The molecule has 0 spiro atoms. The summed E-state index contributed by atoms with van der Waals surface area (Å²) in [6.07, 6.45) is -1.47. The van der Waals surface area contributed by atoms with Gasteiger partial charge in [0.2, 0.25) is 11.8 Å². The van der Waals surface area contributed by atoms with Crippen molar-refractivity contribution in [1.29, 1.82) is 0 Å². The lowest BCUT2D eigenvalue weighted by atomic mass is 9.76. The van der Waals surface area contributed by atoms with Crippen LogP contribution in [0, 0.1) is 25.7 Å². The van der Waals surface area contributed by atoms with E-state index in [4.69, 9.17) is 9.47 Å². The average molecular weight is 469 g/mol. The molecule has 0 saturated carbocycles. The largest absolute Gasteiger partial charge is 0.496 e. The van der Waals surface area contributed by atoms with Crippen LogP contribution in [0.2, 0.25) is 0 Å². The lowest BCUT2D eigenvalue weighted by molar-refractivity contribution is -0.154. The highest BCUT2D eigenvalue weighted by Gasteiger charge is 2.70. The van der Waals surface area contributed by atoms with Crippen LogP contribution in [0.1, 0.15) is 29.7 Å². The molecule has 2 aliphatic heterocycles. The first-order chi connectivity index (χ1) is 16.1. The number of aryl methyl sites for hydroxylation is 1. The number of carbonyl (C=O) groups is 3. The molecule has 0 aromatic heterocycles. The van der Waals surface area contributed by atoms with Gasteiger partial charge in [-0.1, -0.05) is 24.3 Å². The zero-order valence-corrected chi connectivity index (χ0v) is 19.7. The molecule has 0 aliphatic carbocycles. The van der Waals surface area contributed by atoms with E-state index in [0.717, 1.165) is 4.90 Å². The highest BCUT2D eigenvalue weighted by molar-refractivity contribution is 6.24. The van der Waals surface area contributed by atoms with Gasteiger partial charge in [-0.2, -0.15) is 0 Å². The van der Waals surface area contributed by atoms with Crippen LogP contribution in [0.4, 0.5) is 5.69 Å². The van der Waals surface area contributed by atoms with Gasteiger partial charge in [-0.25, -0.2) is 4.90 Å². The van der Waals surface area contributed by atoms with Crippen molar-refractivity contribution in [2.24, 2.45) is 11.8 Å². The summed E-state index contributed by atoms with van der Waals surface area (Å²) < 4.78 is 11.0. The summed E-state index contributed by atoms with van der Waals surface area (Å²) >= 11 is 0. The summed E-state index contributed by atoms with van der Waals surface area (Å²) in [4.78, 5) is 41.2. The monoisotopic (exact) mass is 468 g/mol. The number of amides is 2. The van der Waals surface area contributed by atoms with Crippen LogP contribution < -0.4 is 19.7 Å². The van der Waals surface area contributed by atoms with Gasteiger partial charge in [-0.3, -0.25) is 19.7 Å². The van der Waals surface area contributed by atoms with E-state index in [1.165, 1.54) is 21.1 Å². The summed E-state index contributed by atoms with van der Waals surface area (Å²) in [6, 6.07) is 9.41. The standard InChI is InChI=1S/C25H28N2O7/c1-12-8-6-7-9-16(12)27-22(29)18-19(23(27)30)25(14(3)28,24(31)32)26-20(18)15-10-11-17(33-4)13(2)21(15)34-5/h6-11,14,18-20,26,28H,1-5H3,(H,31,32). The number of nitrogens with zero attached hydrogens (tertiary/aromatic N) is 1. The lowest BCUT2D eigenvalue weighted by Gasteiger charge is -2.33. The van der Waals surface area contributed by atoms with Crippen molar-refractivity contribution in [3.63, 3.8) is 0 Å². The Bertz CT molecular complexity index is 1180. The van der Waals surface area contributed by atoms with Gasteiger partial charge in [0.1, 0.15) is 11.5 Å². The molecule has 9 heteroatoms. The van der Waals surface area contributed by atoms with Crippen LogP contribution >= 0.6 is 0 Å². The molecule has 2 saturated heterocycles. The summed E-state index contributed by atoms with van der Waals surface area (Å²) in [5, 5.41) is 23.9. The molecule has 3 N–H and O–H groups in total. The molecule has 2 aliphatic rings. The fraction of sp³-hybridized carbons (Fsp3) is 0.400. The van der Waals surface area contributed by atoms with E-state index in [-0.39, 0.29) is 0 Å². The second kappa shape index (κ2) is 8.41. The number of hydrogen-bond donors (Lipinski definition) is 3. The first-order valence-corrected chi connectivity index (χ1v) is 11.0. The number of aliphatic hydroxyl groups excluding tert-OH is 1. The molecule has 9 nitrogen and oxygen atoms in total. The van der Waals surface area contributed by atoms with E-state index in [2.05, 4.69) is 5.32 Å². The smallest absolute Gasteiger partial charge is 0.327 e. The number of anilines is 1. The quantitative estimate of drug-likeness (QED) is 0.550. The van der Waals surface area contributed by atoms with Gasteiger partial charge in [0.05, 0.1) is 37.8 Å². The SMILES string of the molecule is COc1ccc(C2NC(C(=O)O)(C(C)O)C3C(=O)N(c4ccccc4C)C(=O)C23)c(OC)c1C. The van der Waals surface area contributed by atoms with Crippen LogP contribution in [0.15, 0.2) is 36.4 Å². The van der Waals surface area contributed by atoms with E-state index < -0.39 is 47.3 Å². The normalized spacial score (nSPS) is 27.0. The molecule has 2 aromatic carbocycles. The molecule has 34 heavy (non-hydrogen) atoms.